The summed E-state index contributed by atoms with van der Waals surface area (Å²) in [5.41, 5.74) is 1.33. The van der Waals surface area contributed by atoms with Gasteiger partial charge in [0.2, 0.25) is 5.91 Å². The molecule has 6 heteroatoms. The van der Waals surface area contributed by atoms with Crippen molar-refractivity contribution >= 4 is 11.8 Å². The average molecular weight is 345 g/mol. The minimum absolute atomic E-state index is 0.00836. The molecule has 1 aromatic rings. The van der Waals surface area contributed by atoms with Gasteiger partial charge in [0.15, 0.2) is 5.76 Å². The monoisotopic (exact) mass is 345 g/mol. The standard InChI is InChI=1S/C19H27N3O3/c1-15(23)20-9-12-21-10-4-6-16(14-21)17-7-2-3-11-22(17)19(24)18-8-5-13-25-18/h5-6,8,13,17H,2-4,7,9-12,14H2,1H3,(H,20,23). The molecule has 1 fully saturated rings. The van der Waals surface area contributed by atoms with E-state index in [-0.39, 0.29) is 17.9 Å². The summed E-state index contributed by atoms with van der Waals surface area (Å²) >= 11 is 0. The van der Waals surface area contributed by atoms with Crippen LogP contribution >= 0.6 is 0 Å². The number of nitrogens with zero attached hydrogens (tertiary/aromatic N) is 2. The van der Waals surface area contributed by atoms with E-state index in [1.165, 1.54) is 5.57 Å². The number of carbonyl (C=O) groups excluding carboxylic acids is 2. The van der Waals surface area contributed by atoms with Gasteiger partial charge in [0.1, 0.15) is 0 Å². The molecule has 6 nitrogen and oxygen atoms in total. The van der Waals surface area contributed by atoms with Gasteiger partial charge in [-0.2, -0.15) is 0 Å². The number of hydrogen-bond donors (Lipinski definition) is 1. The maximum Gasteiger partial charge on any atom is 0.290 e. The molecule has 1 unspecified atom stereocenters. The first-order valence-electron chi connectivity index (χ1n) is 9.15. The molecular weight excluding hydrogens is 318 g/mol. The van der Waals surface area contributed by atoms with Crippen LogP contribution in [0.3, 0.4) is 0 Å². The minimum Gasteiger partial charge on any atom is -0.459 e. The molecule has 0 aliphatic carbocycles. The second-order valence-corrected chi connectivity index (χ2v) is 6.81. The Morgan fingerprint density at radius 2 is 2.20 bits per heavy atom. The molecule has 0 saturated carbocycles. The van der Waals surface area contributed by atoms with Crippen LogP contribution in [0.5, 0.6) is 0 Å². The molecule has 0 spiro atoms. The van der Waals surface area contributed by atoms with Crippen LogP contribution in [0, 0.1) is 0 Å². The predicted molar refractivity (Wildman–Crippen MR) is 95.2 cm³/mol. The van der Waals surface area contributed by atoms with E-state index in [0.717, 1.165) is 51.9 Å². The summed E-state index contributed by atoms with van der Waals surface area (Å²) in [6, 6.07) is 3.66. The largest absolute Gasteiger partial charge is 0.459 e. The fraction of sp³-hybridized carbons (Fsp3) is 0.579. The van der Waals surface area contributed by atoms with E-state index >= 15 is 0 Å². The van der Waals surface area contributed by atoms with E-state index in [1.54, 1.807) is 25.3 Å². The Balaban J connectivity index is 1.64. The highest BCUT2D eigenvalue weighted by Gasteiger charge is 2.32. The number of rotatable bonds is 5. The van der Waals surface area contributed by atoms with Gasteiger partial charge < -0.3 is 14.6 Å². The Hall–Kier alpha value is -2.08. The van der Waals surface area contributed by atoms with Gasteiger partial charge in [-0.25, -0.2) is 0 Å². The molecule has 2 aliphatic rings. The number of hydrogen-bond acceptors (Lipinski definition) is 4. The number of carbonyl (C=O) groups is 2. The molecule has 1 saturated heterocycles. The zero-order chi connectivity index (χ0) is 17.6. The second kappa shape index (κ2) is 8.34. The smallest absolute Gasteiger partial charge is 0.290 e. The van der Waals surface area contributed by atoms with Crippen molar-refractivity contribution in [2.75, 3.05) is 32.7 Å². The topological polar surface area (TPSA) is 65.8 Å². The van der Waals surface area contributed by atoms with Crippen molar-refractivity contribution in [1.29, 1.82) is 0 Å². The molecule has 0 aromatic carbocycles. The maximum absolute atomic E-state index is 12.8. The summed E-state index contributed by atoms with van der Waals surface area (Å²) in [6.07, 6.45) is 8.05. The summed E-state index contributed by atoms with van der Waals surface area (Å²) in [5.74, 6) is 0.423. The first-order valence-corrected chi connectivity index (χ1v) is 9.15. The SMILES string of the molecule is CC(=O)NCCN1CCC=C(C2CCCCN2C(=O)c2ccco2)C1. The van der Waals surface area contributed by atoms with E-state index in [0.29, 0.717) is 12.3 Å². The second-order valence-electron chi connectivity index (χ2n) is 6.81. The Bertz CT molecular complexity index is 624. The number of nitrogens with one attached hydrogen (secondary N) is 1. The molecule has 0 bridgehead atoms. The van der Waals surface area contributed by atoms with Crippen LogP contribution in [-0.4, -0.2) is 60.4 Å². The molecule has 2 amide bonds. The van der Waals surface area contributed by atoms with Crippen LogP contribution in [0.25, 0.3) is 0 Å². The van der Waals surface area contributed by atoms with Crippen LogP contribution in [0.1, 0.15) is 43.2 Å². The maximum atomic E-state index is 12.8. The lowest BCUT2D eigenvalue weighted by molar-refractivity contribution is -0.119. The normalized spacial score (nSPS) is 21.7. The summed E-state index contributed by atoms with van der Waals surface area (Å²) in [7, 11) is 0. The van der Waals surface area contributed by atoms with Crippen molar-refractivity contribution in [3.05, 3.63) is 35.8 Å². The summed E-state index contributed by atoms with van der Waals surface area (Å²) in [5, 5.41) is 2.86. The Morgan fingerprint density at radius 3 is 2.96 bits per heavy atom. The molecule has 0 radical (unpaired) electrons. The highest BCUT2D eigenvalue weighted by Crippen LogP contribution is 2.27. The highest BCUT2D eigenvalue weighted by molar-refractivity contribution is 5.92. The molecule has 3 heterocycles. The number of amides is 2. The van der Waals surface area contributed by atoms with Gasteiger partial charge in [-0.3, -0.25) is 14.5 Å². The number of furan rings is 1. The molecule has 1 atom stereocenters. The van der Waals surface area contributed by atoms with Crippen molar-refractivity contribution in [1.82, 2.24) is 15.1 Å². The van der Waals surface area contributed by atoms with Crippen molar-refractivity contribution < 1.29 is 14.0 Å². The summed E-state index contributed by atoms with van der Waals surface area (Å²) in [4.78, 5) is 28.2. The zero-order valence-electron chi connectivity index (χ0n) is 14.9. The van der Waals surface area contributed by atoms with Crippen molar-refractivity contribution in [3.63, 3.8) is 0 Å². The summed E-state index contributed by atoms with van der Waals surface area (Å²) in [6.45, 7) is 5.71. The summed E-state index contributed by atoms with van der Waals surface area (Å²) < 4.78 is 5.32. The molecule has 25 heavy (non-hydrogen) atoms. The lowest BCUT2D eigenvalue weighted by Crippen LogP contribution is -2.48. The van der Waals surface area contributed by atoms with Crippen LogP contribution in [0.4, 0.5) is 0 Å². The van der Waals surface area contributed by atoms with Gasteiger partial charge in [-0.05, 0) is 43.4 Å². The van der Waals surface area contributed by atoms with Gasteiger partial charge in [-0.1, -0.05) is 6.08 Å². The van der Waals surface area contributed by atoms with Crippen molar-refractivity contribution in [3.8, 4) is 0 Å². The third-order valence-electron chi connectivity index (χ3n) is 4.98. The Kier molecular flexibility index (Phi) is 5.91. The molecule has 136 valence electrons. The van der Waals surface area contributed by atoms with Crippen LogP contribution in [0.2, 0.25) is 0 Å². The first kappa shape index (κ1) is 17.7. The van der Waals surface area contributed by atoms with E-state index < -0.39 is 0 Å². The van der Waals surface area contributed by atoms with Gasteiger partial charge in [-0.15, -0.1) is 0 Å². The molecule has 3 rings (SSSR count). The lowest BCUT2D eigenvalue weighted by Gasteiger charge is -2.40. The lowest BCUT2D eigenvalue weighted by atomic mass is 9.92. The van der Waals surface area contributed by atoms with E-state index in [1.807, 2.05) is 4.90 Å². The number of likely N-dealkylation sites (tertiary alicyclic amines) is 1. The third kappa shape index (κ3) is 4.51. The van der Waals surface area contributed by atoms with Crippen molar-refractivity contribution in [2.45, 2.75) is 38.6 Å². The average Bonchev–Trinajstić information content (AvgIpc) is 3.16. The quantitative estimate of drug-likeness (QED) is 0.830. The van der Waals surface area contributed by atoms with E-state index in [2.05, 4.69) is 16.3 Å². The fourth-order valence-corrected chi connectivity index (χ4v) is 3.76. The fourth-order valence-electron chi connectivity index (χ4n) is 3.76. The van der Waals surface area contributed by atoms with Gasteiger partial charge in [0.05, 0.1) is 12.3 Å². The molecule has 2 aliphatic heterocycles. The molecular formula is C19H27N3O3. The van der Waals surface area contributed by atoms with Crippen LogP contribution in [0.15, 0.2) is 34.5 Å². The van der Waals surface area contributed by atoms with Gasteiger partial charge in [0.25, 0.3) is 5.91 Å². The number of piperidine rings is 1. The van der Waals surface area contributed by atoms with Gasteiger partial charge in [0, 0.05) is 39.6 Å². The zero-order valence-corrected chi connectivity index (χ0v) is 14.9. The first-order chi connectivity index (χ1) is 12.1. The predicted octanol–water partition coefficient (Wildman–Crippen LogP) is 2.04. The van der Waals surface area contributed by atoms with Crippen LogP contribution in [-0.2, 0) is 4.79 Å². The highest BCUT2D eigenvalue weighted by atomic mass is 16.3. The van der Waals surface area contributed by atoms with Crippen LogP contribution < -0.4 is 5.32 Å². The van der Waals surface area contributed by atoms with Gasteiger partial charge >= 0.3 is 0 Å². The molecule has 1 aromatic heterocycles. The Morgan fingerprint density at radius 1 is 1.32 bits per heavy atom. The van der Waals surface area contributed by atoms with E-state index in [4.69, 9.17) is 4.42 Å². The Labute approximate surface area is 148 Å². The van der Waals surface area contributed by atoms with E-state index in [9.17, 15) is 9.59 Å². The third-order valence-corrected chi connectivity index (χ3v) is 4.98. The van der Waals surface area contributed by atoms with Crippen molar-refractivity contribution in [2.24, 2.45) is 0 Å². The minimum atomic E-state index is -0.00836. The molecule has 1 N–H and O–H groups in total.